The van der Waals surface area contributed by atoms with Gasteiger partial charge in [0, 0.05) is 39.5 Å². The smallest absolute Gasteiger partial charge is 0.0991 e. The van der Waals surface area contributed by atoms with Crippen molar-refractivity contribution in [2.24, 2.45) is 0 Å². The maximum Gasteiger partial charge on any atom is 0.0991 e. The van der Waals surface area contributed by atoms with Crippen LogP contribution in [0.1, 0.15) is 36.1 Å². The van der Waals surface area contributed by atoms with Crippen LogP contribution < -0.4 is 20.2 Å². The minimum atomic E-state index is -1.50. The highest BCUT2D eigenvalue weighted by atomic mass is 28.3. The Hall–Kier alpha value is -6.71. The summed E-state index contributed by atoms with van der Waals surface area (Å²) in [4.78, 5) is 4.64. The predicted octanol–water partition coefficient (Wildman–Crippen LogP) is 14.1. The molecular formula is C55H50N4Si2. The van der Waals surface area contributed by atoms with E-state index >= 15 is 0 Å². The summed E-state index contributed by atoms with van der Waals surface area (Å²) in [5.41, 5.74) is 12.5. The molecule has 0 bridgehead atoms. The predicted molar refractivity (Wildman–Crippen MR) is 264 cm³/mol. The molecule has 6 heteroatoms. The fourth-order valence-electron chi connectivity index (χ4n) is 9.27. The molecule has 4 nitrogen and oxygen atoms in total. The number of anilines is 6. The van der Waals surface area contributed by atoms with E-state index in [4.69, 9.17) is 0 Å². The molecule has 0 saturated carbocycles. The molecule has 0 amide bonds. The van der Waals surface area contributed by atoms with Crippen molar-refractivity contribution in [1.29, 1.82) is 10.5 Å². The first-order valence-corrected chi connectivity index (χ1v) is 28.1. The molecule has 0 unspecified atom stereocenters. The second-order valence-electron chi connectivity index (χ2n) is 19.0. The van der Waals surface area contributed by atoms with Crippen LogP contribution >= 0.6 is 0 Å². The molecule has 9 rings (SSSR count). The maximum absolute atomic E-state index is 9.64. The highest BCUT2D eigenvalue weighted by Crippen LogP contribution is 2.56. The molecule has 1 aliphatic carbocycles. The maximum atomic E-state index is 9.64. The first-order chi connectivity index (χ1) is 29.2. The van der Waals surface area contributed by atoms with Crippen molar-refractivity contribution in [3.63, 3.8) is 0 Å². The van der Waals surface area contributed by atoms with Gasteiger partial charge in [0.15, 0.2) is 0 Å². The number of nitriles is 2. The first kappa shape index (κ1) is 39.7. The number of fused-ring (bicyclic) bond motifs is 8. The molecule has 298 valence electrons. The zero-order valence-corrected chi connectivity index (χ0v) is 38.3. The van der Waals surface area contributed by atoms with Crippen molar-refractivity contribution in [2.75, 3.05) is 9.80 Å². The monoisotopic (exact) mass is 822 g/mol. The van der Waals surface area contributed by atoms with Gasteiger partial charge in [-0.15, -0.1) is 0 Å². The van der Waals surface area contributed by atoms with Crippen molar-refractivity contribution < 1.29 is 0 Å². The van der Waals surface area contributed by atoms with Crippen molar-refractivity contribution >= 4 is 82.2 Å². The molecule has 0 fully saturated rings. The Bertz CT molecular complexity index is 3070. The summed E-state index contributed by atoms with van der Waals surface area (Å²) in [6.07, 6.45) is 0. The third-order valence-electron chi connectivity index (χ3n) is 12.6. The molecule has 0 heterocycles. The van der Waals surface area contributed by atoms with Crippen LogP contribution in [0.25, 0.3) is 32.7 Å². The average molecular weight is 823 g/mol. The Morgan fingerprint density at radius 2 is 0.836 bits per heavy atom. The van der Waals surface area contributed by atoms with Crippen LogP contribution in [0.5, 0.6) is 0 Å². The Morgan fingerprint density at radius 3 is 1.30 bits per heavy atom. The Kier molecular flexibility index (Phi) is 9.63. The Balaban J connectivity index is 1.22. The Morgan fingerprint density at radius 1 is 0.426 bits per heavy atom. The van der Waals surface area contributed by atoms with Crippen LogP contribution in [-0.4, -0.2) is 16.1 Å². The molecule has 0 N–H and O–H groups in total. The van der Waals surface area contributed by atoms with Gasteiger partial charge in [0.05, 0.1) is 39.4 Å². The van der Waals surface area contributed by atoms with Crippen LogP contribution in [-0.2, 0) is 5.41 Å². The van der Waals surface area contributed by atoms with E-state index in [-0.39, 0.29) is 5.41 Å². The number of rotatable bonds is 8. The second-order valence-corrected chi connectivity index (χ2v) is 29.1. The minimum Gasteiger partial charge on any atom is -0.310 e. The summed E-state index contributed by atoms with van der Waals surface area (Å²) in [5, 5.41) is 27.0. The van der Waals surface area contributed by atoms with E-state index in [0.717, 1.165) is 34.1 Å². The summed E-state index contributed by atoms with van der Waals surface area (Å²) < 4.78 is 0. The standard InChI is InChI=1S/C55H50N4Si2/c1-55(2)52-34-44(59(40-19-15-38(36-57)16-20-40)42-23-29-46(30-24-42)61(6,7)8)26-32-50(52)53-48-12-10-9-11-47(48)51-33-43(25-31-49(51)54(53)55)58(39-17-13-37(35-56)14-18-39)41-21-27-45(28-22-41)60(3,4)5/h9-34H,1-8H3. The van der Waals surface area contributed by atoms with Crippen molar-refractivity contribution in [1.82, 2.24) is 0 Å². The molecule has 1 aliphatic rings. The largest absolute Gasteiger partial charge is 0.310 e. The second kappa shape index (κ2) is 14.8. The summed E-state index contributed by atoms with van der Waals surface area (Å²) in [5.74, 6) is 0. The lowest BCUT2D eigenvalue weighted by molar-refractivity contribution is 0.666. The lowest BCUT2D eigenvalue weighted by Gasteiger charge is -2.29. The highest BCUT2D eigenvalue weighted by molar-refractivity contribution is 6.89. The van der Waals surface area contributed by atoms with Gasteiger partial charge < -0.3 is 9.80 Å². The molecule has 8 aromatic carbocycles. The summed E-state index contributed by atoms with van der Waals surface area (Å²) in [6.45, 7) is 19.0. The lowest BCUT2D eigenvalue weighted by atomic mass is 9.79. The van der Waals surface area contributed by atoms with E-state index in [0.29, 0.717) is 11.1 Å². The zero-order chi connectivity index (χ0) is 42.8. The van der Waals surface area contributed by atoms with Gasteiger partial charge in [0.25, 0.3) is 0 Å². The average Bonchev–Trinajstić information content (AvgIpc) is 3.50. The molecule has 8 aromatic rings. The summed E-state index contributed by atoms with van der Waals surface area (Å²) >= 11 is 0. The van der Waals surface area contributed by atoms with Crippen LogP contribution in [0.2, 0.25) is 39.3 Å². The summed E-state index contributed by atoms with van der Waals surface area (Å²) in [6, 6.07) is 61.4. The zero-order valence-electron chi connectivity index (χ0n) is 36.3. The molecule has 0 saturated heterocycles. The molecule has 0 radical (unpaired) electrons. The van der Waals surface area contributed by atoms with Gasteiger partial charge >= 0.3 is 0 Å². The fourth-order valence-corrected chi connectivity index (χ4v) is 11.6. The molecule has 0 spiro atoms. The Labute approximate surface area is 362 Å². The topological polar surface area (TPSA) is 54.1 Å². The van der Waals surface area contributed by atoms with Crippen LogP contribution in [0, 0.1) is 22.7 Å². The van der Waals surface area contributed by atoms with Crippen molar-refractivity contribution in [3.05, 3.63) is 180 Å². The van der Waals surface area contributed by atoms with Crippen LogP contribution in [0.4, 0.5) is 34.1 Å². The van der Waals surface area contributed by atoms with E-state index in [1.54, 1.807) is 0 Å². The number of benzene rings is 8. The number of hydrogen-bond donors (Lipinski definition) is 0. The van der Waals surface area contributed by atoms with Gasteiger partial charge in [0.2, 0.25) is 0 Å². The van der Waals surface area contributed by atoms with E-state index in [1.807, 2.05) is 24.3 Å². The van der Waals surface area contributed by atoms with Crippen LogP contribution in [0.3, 0.4) is 0 Å². The SMILES string of the molecule is CC1(C)c2cc(N(c3ccc(C#N)cc3)c3ccc([Si](C)(C)C)cc3)ccc2-c2c1c1ccc(N(c3ccc(C#N)cc3)c3ccc([Si](C)(C)C)cc3)cc1c1ccccc21. The third kappa shape index (κ3) is 6.93. The minimum absolute atomic E-state index is 0.317. The first-order valence-electron chi connectivity index (χ1n) is 21.1. The van der Waals surface area contributed by atoms with E-state index in [9.17, 15) is 10.5 Å². The van der Waals surface area contributed by atoms with Crippen molar-refractivity contribution in [3.8, 4) is 23.3 Å². The van der Waals surface area contributed by atoms with E-state index < -0.39 is 16.1 Å². The molecule has 0 aliphatic heterocycles. The molecule has 0 aromatic heterocycles. The van der Waals surface area contributed by atoms with Crippen molar-refractivity contribution in [2.45, 2.75) is 58.5 Å². The quantitative estimate of drug-likeness (QED) is 0.113. The lowest BCUT2D eigenvalue weighted by Crippen LogP contribution is -2.37. The van der Waals surface area contributed by atoms with Gasteiger partial charge in [-0.3, -0.25) is 0 Å². The number of hydrogen-bond acceptors (Lipinski definition) is 4. The number of nitrogens with zero attached hydrogens (tertiary/aromatic N) is 4. The molecular weight excluding hydrogens is 773 g/mol. The normalized spacial score (nSPS) is 13.0. The fraction of sp³-hybridized carbons (Fsp3) is 0.164. The molecule has 61 heavy (non-hydrogen) atoms. The van der Waals surface area contributed by atoms with Gasteiger partial charge in [-0.05, 0) is 141 Å². The summed E-state index contributed by atoms with van der Waals surface area (Å²) in [7, 11) is -3.00. The van der Waals surface area contributed by atoms with Gasteiger partial charge in [-0.25, -0.2) is 0 Å². The van der Waals surface area contributed by atoms with Gasteiger partial charge in [-0.1, -0.05) is 124 Å². The molecule has 0 atom stereocenters. The van der Waals surface area contributed by atoms with Gasteiger partial charge in [0.1, 0.15) is 0 Å². The van der Waals surface area contributed by atoms with Gasteiger partial charge in [-0.2, -0.15) is 10.5 Å². The van der Waals surface area contributed by atoms with E-state index in [2.05, 4.69) is 209 Å². The van der Waals surface area contributed by atoms with E-state index in [1.165, 1.54) is 54.2 Å². The highest BCUT2D eigenvalue weighted by Gasteiger charge is 2.39. The third-order valence-corrected chi connectivity index (χ3v) is 16.7. The van der Waals surface area contributed by atoms with Crippen LogP contribution in [0.15, 0.2) is 158 Å².